The largest absolute Gasteiger partial charge is 0.334 e. The molecule has 2 aromatic heterocycles. The van der Waals surface area contributed by atoms with Gasteiger partial charge in [-0.2, -0.15) is 5.10 Å². The van der Waals surface area contributed by atoms with Crippen molar-refractivity contribution in [1.29, 1.82) is 0 Å². The number of aromatic nitrogens is 3. The van der Waals surface area contributed by atoms with Crippen LogP contribution in [-0.2, 0) is 13.1 Å². The highest BCUT2D eigenvalue weighted by molar-refractivity contribution is 7.07. The van der Waals surface area contributed by atoms with Gasteiger partial charge in [0.25, 0.3) is 5.91 Å². The van der Waals surface area contributed by atoms with Gasteiger partial charge in [-0.15, -0.1) is 11.3 Å². The quantitative estimate of drug-likeness (QED) is 0.809. The number of aryl methyl sites for hydroxylation is 1. The summed E-state index contributed by atoms with van der Waals surface area (Å²) >= 11 is 1.65. The van der Waals surface area contributed by atoms with E-state index < -0.39 is 0 Å². The van der Waals surface area contributed by atoms with Gasteiger partial charge in [0.1, 0.15) is 0 Å². The minimum atomic E-state index is 0.162. The molecule has 6 nitrogen and oxygen atoms in total. The van der Waals surface area contributed by atoms with Gasteiger partial charge in [0.15, 0.2) is 0 Å². The summed E-state index contributed by atoms with van der Waals surface area (Å²) < 4.78 is 1.96. The van der Waals surface area contributed by atoms with Crippen LogP contribution in [0.5, 0.6) is 0 Å². The molecular formula is C19H27N5OS. The van der Waals surface area contributed by atoms with Crippen molar-refractivity contribution in [2.75, 3.05) is 19.6 Å². The van der Waals surface area contributed by atoms with Gasteiger partial charge in [-0.3, -0.25) is 14.4 Å². The molecular weight excluding hydrogens is 346 g/mol. The summed E-state index contributed by atoms with van der Waals surface area (Å²) in [6.45, 7) is 8.79. The molecule has 2 atom stereocenters. The second kappa shape index (κ2) is 7.48. The van der Waals surface area contributed by atoms with E-state index in [-0.39, 0.29) is 5.91 Å². The topological polar surface area (TPSA) is 54.3 Å². The Morgan fingerprint density at radius 1 is 1.31 bits per heavy atom. The molecule has 0 saturated carbocycles. The molecule has 0 aliphatic carbocycles. The highest BCUT2D eigenvalue weighted by atomic mass is 32.1. The lowest BCUT2D eigenvalue weighted by molar-refractivity contribution is 0.0584. The molecule has 0 radical (unpaired) electrons. The standard InChI is InChI=1S/C19H27N5OS/c1-3-6-24-14(2)18(7-21-24)19(25)23-9-15-4-5-17(23)11-22(8-15)10-16-12-26-13-20-16/h7,12-13,15,17H,3-6,8-11H2,1-2H3/t15-,17+/m0/s1. The number of amides is 1. The Kier molecular flexibility index (Phi) is 5.09. The highest BCUT2D eigenvalue weighted by Crippen LogP contribution is 2.30. The first-order chi connectivity index (χ1) is 12.7. The maximum absolute atomic E-state index is 13.2. The van der Waals surface area contributed by atoms with E-state index in [1.165, 1.54) is 6.42 Å². The van der Waals surface area contributed by atoms with E-state index in [1.807, 2.05) is 17.1 Å². The molecule has 2 bridgehead atoms. The Labute approximate surface area is 158 Å². The second-order valence-electron chi connectivity index (χ2n) is 7.60. The summed E-state index contributed by atoms with van der Waals surface area (Å²) in [6.07, 6.45) is 5.11. The zero-order valence-electron chi connectivity index (χ0n) is 15.6. The third-order valence-corrected chi connectivity index (χ3v) is 6.32. The Morgan fingerprint density at radius 3 is 2.96 bits per heavy atom. The Balaban J connectivity index is 1.50. The van der Waals surface area contributed by atoms with Crippen molar-refractivity contribution in [3.8, 4) is 0 Å². The van der Waals surface area contributed by atoms with E-state index in [1.54, 1.807) is 17.5 Å². The van der Waals surface area contributed by atoms with Crippen molar-refractivity contribution in [3.05, 3.63) is 34.0 Å². The summed E-state index contributed by atoms with van der Waals surface area (Å²) in [5.74, 6) is 0.720. The van der Waals surface area contributed by atoms with Gasteiger partial charge in [0, 0.05) is 49.8 Å². The van der Waals surface area contributed by atoms with Crippen molar-refractivity contribution in [1.82, 2.24) is 24.6 Å². The summed E-state index contributed by atoms with van der Waals surface area (Å²) in [7, 11) is 0. The summed E-state index contributed by atoms with van der Waals surface area (Å²) in [5.41, 5.74) is 4.81. The lowest BCUT2D eigenvalue weighted by Crippen LogP contribution is -2.47. The number of nitrogens with zero attached hydrogens (tertiary/aromatic N) is 5. The normalized spacial score (nSPS) is 23.4. The highest BCUT2D eigenvalue weighted by Gasteiger charge is 2.38. The van der Waals surface area contributed by atoms with Crippen LogP contribution in [0.2, 0.25) is 0 Å². The molecule has 140 valence electrons. The van der Waals surface area contributed by atoms with Crippen LogP contribution in [0, 0.1) is 12.8 Å². The fourth-order valence-corrected chi connectivity index (χ4v) is 4.90. The van der Waals surface area contributed by atoms with Crippen LogP contribution in [0.1, 0.15) is 47.9 Å². The van der Waals surface area contributed by atoms with Crippen molar-refractivity contribution in [2.24, 2.45) is 5.92 Å². The molecule has 0 N–H and O–H groups in total. The number of carbonyl (C=O) groups is 1. The summed E-state index contributed by atoms with van der Waals surface area (Å²) in [5, 5.41) is 6.55. The zero-order chi connectivity index (χ0) is 18.1. The van der Waals surface area contributed by atoms with E-state index in [0.29, 0.717) is 12.0 Å². The third-order valence-electron chi connectivity index (χ3n) is 5.69. The lowest BCUT2D eigenvalue weighted by Gasteiger charge is -2.36. The number of hydrogen-bond acceptors (Lipinski definition) is 5. The van der Waals surface area contributed by atoms with Crippen LogP contribution in [0.4, 0.5) is 0 Å². The first-order valence-electron chi connectivity index (χ1n) is 9.58. The van der Waals surface area contributed by atoms with Crippen LogP contribution in [0.25, 0.3) is 0 Å². The van der Waals surface area contributed by atoms with Crippen molar-refractivity contribution >= 4 is 17.2 Å². The Bertz CT molecular complexity index is 756. The van der Waals surface area contributed by atoms with Crippen molar-refractivity contribution < 1.29 is 4.79 Å². The monoisotopic (exact) mass is 373 g/mol. The van der Waals surface area contributed by atoms with Crippen molar-refractivity contribution in [2.45, 2.75) is 52.2 Å². The van der Waals surface area contributed by atoms with Crippen LogP contribution in [-0.4, -0.2) is 56.1 Å². The van der Waals surface area contributed by atoms with E-state index in [0.717, 1.165) is 62.5 Å². The van der Waals surface area contributed by atoms with Gasteiger partial charge in [0.2, 0.25) is 0 Å². The van der Waals surface area contributed by atoms with Gasteiger partial charge in [-0.25, -0.2) is 4.98 Å². The predicted octanol–water partition coefficient (Wildman–Crippen LogP) is 2.79. The second-order valence-corrected chi connectivity index (χ2v) is 8.31. The van der Waals surface area contributed by atoms with Crippen LogP contribution >= 0.6 is 11.3 Å². The molecule has 0 spiro atoms. The van der Waals surface area contributed by atoms with Gasteiger partial charge < -0.3 is 4.90 Å². The lowest BCUT2D eigenvalue weighted by atomic mass is 9.94. The summed E-state index contributed by atoms with van der Waals surface area (Å²) in [6, 6.07) is 0.300. The molecule has 3 aliphatic rings. The minimum absolute atomic E-state index is 0.162. The number of piperidine rings is 1. The van der Waals surface area contributed by atoms with E-state index >= 15 is 0 Å². The number of carbonyl (C=O) groups excluding carboxylic acids is 1. The number of thiazole rings is 1. The minimum Gasteiger partial charge on any atom is -0.334 e. The molecule has 0 aromatic carbocycles. The molecule has 1 amide bonds. The average molecular weight is 374 g/mol. The first kappa shape index (κ1) is 17.7. The fourth-order valence-electron chi connectivity index (χ4n) is 4.35. The molecule has 5 rings (SSSR count). The third kappa shape index (κ3) is 3.42. The van der Waals surface area contributed by atoms with Crippen LogP contribution in [0.3, 0.4) is 0 Å². The molecule has 3 aliphatic heterocycles. The van der Waals surface area contributed by atoms with E-state index in [9.17, 15) is 4.79 Å². The Morgan fingerprint density at radius 2 is 2.19 bits per heavy atom. The maximum atomic E-state index is 13.2. The Hall–Kier alpha value is -1.73. The molecule has 3 saturated heterocycles. The maximum Gasteiger partial charge on any atom is 0.257 e. The van der Waals surface area contributed by atoms with Crippen LogP contribution < -0.4 is 0 Å². The first-order valence-corrected chi connectivity index (χ1v) is 10.5. The average Bonchev–Trinajstić information content (AvgIpc) is 3.17. The molecule has 2 aromatic rings. The summed E-state index contributed by atoms with van der Waals surface area (Å²) in [4.78, 5) is 22.3. The fraction of sp³-hybridized carbons (Fsp3) is 0.632. The number of hydrogen-bond donors (Lipinski definition) is 0. The van der Waals surface area contributed by atoms with Gasteiger partial charge in [0.05, 0.1) is 23.0 Å². The van der Waals surface area contributed by atoms with Gasteiger partial charge in [-0.05, 0) is 32.1 Å². The number of rotatable bonds is 5. The SMILES string of the molecule is CCCn1ncc(C(=O)N2C[C@H]3CC[C@@H]2CN(Cc2cscn2)C3)c1C. The van der Waals surface area contributed by atoms with E-state index in [4.69, 9.17) is 0 Å². The molecule has 0 unspecified atom stereocenters. The molecule has 26 heavy (non-hydrogen) atoms. The van der Waals surface area contributed by atoms with Crippen molar-refractivity contribution in [3.63, 3.8) is 0 Å². The molecule has 5 heterocycles. The number of fused-ring (bicyclic) bond motifs is 4. The van der Waals surface area contributed by atoms with E-state index in [2.05, 4.69) is 32.2 Å². The predicted molar refractivity (Wildman–Crippen MR) is 102 cm³/mol. The smallest absolute Gasteiger partial charge is 0.257 e. The molecule has 7 heteroatoms. The zero-order valence-corrected chi connectivity index (χ0v) is 16.4. The van der Waals surface area contributed by atoms with Gasteiger partial charge in [-0.1, -0.05) is 6.92 Å². The molecule has 3 fully saturated rings. The van der Waals surface area contributed by atoms with Gasteiger partial charge >= 0.3 is 0 Å². The van der Waals surface area contributed by atoms with Crippen LogP contribution in [0.15, 0.2) is 17.1 Å².